The average molecular weight is 471 g/mol. The van der Waals surface area contributed by atoms with Gasteiger partial charge in [0.15, 0.2) is 5.60 Å². The number of imidazole rings is 1. The van der Waals surface area contributed by atoms with E-state index in [4.69, 9.17) is 4.98 Å². The van der Waals surface area contributed by atoms with Crippen LogP contribution in [0.4, 0.5) is 15.9 Å². The molecule has 1 aliphatic heterocycles. The number of nitrogens with zero attached hydrogens (tertiary/aromatic N) is 3. The van der Waals surface area contributed by atoms with Crippen LogP contribution in [0.25, 0.3) is 11.3 Å². The fraction of sp³-hybridized carbons (Fsp3) is 0.214. The number of carbonyl (C=O) groups is 1. The average Bonchev–Trinajstić information content (AvgIpc) is 3.23. The number of nitrogens with one attached hydrogen (secondary N) is 1. The predicted octanol–water partition coefficient (Wildman–Crippen LogP) is 4.99. The van der Waals surface area contributed by atoms with Crippen molar-refractivity contribution in [2.24, 2.45) is 0 Å². The number of benzene rings is 3. The molecule has 5 rings (SSSR count). The molecule has 0 radical (unpaired) electrons. The molecule has 4 aromatic rings. The molecule has 2 N–H and O–H groups in total. The summed E-state index contributed by atoms with van der Waals surface area (Å²) in [6.45, 7) is 4.75. The lowest BCUT2D eigenvalue weighted by atomic mass is 9.94. The first-order chi connectivity index (χ1) is 16.8. The van der Waals surface area contributed by atoms with Gasteiger partial charge in [-0.2, -0.15) is 0 Å². The van der Waals surface area contributed by atoms with Crippen LogP contribution in [0, 0.1) is 12.7 Å². The van der Waals surface area contributed by atoms with Crippen LogP contribution < -0.4 is 5.32 Å². The number of hydrogen-bond donors (Lipinski definition) is 2. The minimum Gasteiger partial charge on any atom is -0.376 e. The number of rotatable bonds is 5. The molecule has 0 fully saturated rings. The van der Waals surface area contributed by atoms with Crippen LogP contribution in [0.2, 0.25) is 0 Å². The Kier molecular flexibility index (Phi) is 5.86. The second kappa shape index (κ2) is 9.00. The number of amides is 1. The summed E-state index contributed by atoms with van der Waals surface area (Å²) in [7, 11) is 0. The summed E-state index contributed by atoms with van der Waals surface area (Å²) >= 11 is 0. The Morgan fingerprint density at radius 1 is 1.00 bits per heavy atom. The van der Waals surface area contributed by atoms with Gasteiger partial charge in [0.05, 0.1) is 6.54 Å². The Morgan fingerprint density at radius 2 is 1.69 bits per heavy atom. The number of fused-ring (bicyclic) bond motifs is 1. The van der Waals surface area contributed by atoms with Crippen LogP contribution in [-0.4, -0.2) is 32.0 Å². The zero-order valence-corrected chi connectivity index (χ0v) is 19.7. The van der Waals surface area contributed by atoms with Gasteiger partial charge in [-0.15, -0.1) is 0 Å². The molecule has 1 aromatic heterocycles. The van der Waals surface area contributed by atoms with Crippen molar-refractivity contribution in [1.29, 1.82) is 0 Å². The number of anilines is 2. The monoisotopic (exact) mass is 470 g/mol. The third-order valence-electron chi connectivity index (χ3n) is 6.44. The van der Waals surface area contributed by atoms with Crippen LogP contribution in [-0.2, 0) is 23.5 Å². The van der Waals surface area contributed by atoms with E-state index in [-0.39, 0.29) is 18.3 Å². The third kappa shape index (κ3) is 4.42. The number of halogens is 1. The molecule has 35 heavy (non-hydrogen) atoms. The SMILES string of the molecule is Cc1ccc(Nc2c(-c3ccc(F)cc3)nc3n2CCN(C(=O)C(C)(O)c2ccccc2)C3)cc1. The van der Waals surface area contributed by atoms with Gasteiger partial charge in [-0.05, 0) is 55.8 Å². The highest BCUT2D eigenvalue weighted by Crippen LogP contribution is 2.34. The van der Waals surface area contributed by atoms with E-state index in [0.717, 1.165) is 22.6 Å². The van der Waals surface area contributed by atoms with Crippen LogP contribution in [0.5, 0.6) is 0 Å². The maximum Gasteiger partial charge on any atom is 0.259 e. The molecule has 178 valence electrons. The lowest BCUT2D eigenvalue weighted by Crippen LogP contribution is -2.48. The number of aliphatic hydroxyl groups is 1. The Hall–Kier alpha value is -3.97. The van der Waals surface area contributed by atoms with Crippen molar-refractivity contribution in [3.63, 3.8) is 0 Å². The number of hydrogen-bond acceptors (Lipinski definition) is 4. The third-order valence-corrected chi connectivity index (χ3v) is 6.44. The molecule has 7 heteroatoms. The second-order valence-electron chi connectivity index (χ2n) is 9.04. The van der Waals surface area contributed by atoms with Crippen LogP contribution in [0.15, 0.2) is 78.9 Å². The van der Waals surface area contributed by atoms with Crippen molar-refractivity contribution in [3.05, 3.63) is 102 Å². The summed E-state index contributed by atoms with van der Waals surface area (Å²) in [4.78, 5) is 19.8. The predicted molar refractivity (Wildman–Crippen MR) is 134 cm³/mol. The fourth-order valence-corrected chi connectivity index (χ4v) is 4.41. The second-order valence-corrected chi connectivity index (χ2v) is 9.04. The summed E-state index contributed by atoms with van der Waals surface area (Å²) in [5.74, 6) is 0.805. The largest absolute Gasteiger partial charge is 0.376 e. The highest BCUT2D eigenvalue weighted by atomic mass is 19.1. The van der Waals surface area contributed by atoms with Gasteiger partial charge in [-0.3, -0.25) is 4.79 Å². The first-order valence-corrected chi connectivity index (χ1v) is 11.6. The summed E-state index contributed by atoms with van der Waals surface area (Å²) in [5.41, 5.74) is 2.43. The molecular formula is C28H27FN4O2. The van der Waals surface area contributed by atoms with Gasteiger partial charge < -0.3 is 19.9 Å². The van der Waals surface area contributed by atoms with Gasteiger partial charge in [-0.1, -0.05) is 48.0 Å². The van der Waals surface area contributed by atoms with E-state index in [1.54, 1.807) is 41.3 Å². The molecule has 0 spiro atoms. The molecule has 3 aromatic carbocycles. The van der Waals surface area contributed by atoms with Crippen LogP contribution in [0.3, 0.4) is 0 Å². The Balaban J connectivity index is 1.49. The van der Waals surface area contributed by atoms with Gasteiger partial charge in [0.25, 0.3) is 5.91 Å². The van der Waals surface area contributed by atoms with E-state index in [9.17, 15) is 14.3 Å². The number of aryl methyl sites for hydroxylation is 1. The van der Waals surface area contributed by atoms with Crippen molar-refractivity contribution >= 4 is 17.4 Å². The van der Waals surface area contributed by atoms with Gasteiger partial charge in [0.1, 0.15) is 23.2 Å². The van der Waals surface area contributed by atoms with E-state index in [2.05, 4.69) is 9.88 Å². The minimum atomic E-state index is -1.64. The van der Waals surface area contributed by atoms with Crippen LogP contribution in [0.1, 0.15) is 23.9 Å². The molecule has 0 bridgehead atoms. The standard InChI is InChI=1S/C28H27FN4O2/c1-19-8-14-23(15-9-19)30-26-25(20-10-12-22(29)13-11-20)31-24-18-32(16-17-33(24)26)27(34)28(2,35)21-6-4-3-5-7-21/h3-15,30,35H,16-18H2,1-2H3. The van der Waals surface area contributed by atoms with E-state index >= 15 is 0 Å². The summed E-state index contributed by atoms with van der Waals surface area (Å²) in [6, 6.07) is 23.2. The smallest absolute Gasteiger partial charge is 0.259 e. The van der Waals surface area contributed by atoms with E-state index in [1.165, 1.54) is 19.1 Å². The summed E-state index contributed by atoms with van der Waals surface area (Å²) in [6.07, 6.45) is 0. The van der Waals surface area contributed by atoms with Gasteiger partial charge >= 0.3 is 0 Å². The molecule has 1 unspecified atom stereocenters. The van der Waals surface area contributed by atoms with E-state index in [0.29, 0.717) is 30.2 Å². The Morgan fingerprint density at radius 3 is 2.37 bits per heavy atom. The molecular weight excluding hydrogens is 443 g/mol. The lowest BCUT2D eigenvalue weighted by molar-refractivity contribution is -0.152. The first-order valence-electron chi connectivity index (χ1n) is 11.6. The fourth-order valence-electron chi connectivity index (χ4n) is 4.41. The highest BCUT2D eigenvalue weighted by molar-refractivity contribution is 5.86. The Bertz CT molecular complexity index is 1350. The summed E-state index contributed by atoms with van der Waals surface area (Å²) < 4.78 is 15.7. The van der Waals surface area contributed by atoms with Crippen molar-refractivity contribution in [1.82, 2.24) is 14.5 Å². The minimum absolute atomic E-state index is 0.256. The molecule has 1 amide bonds. The van der Waals surface area contributed by atoms with E-state index in [1.807, 2.05) is 37.3 Å². The molecule has 1 atom stereocenters. The summed E-state index contributed by atoms with van der Waals surface area (Å²) in [5, 5.41) is 14.5. The van der Waals surface area contributed by atoms with Crippen molar-refractivity contribution < 1.29 is 14.3 Å². The normalized spacial score (nSPS) is 14.8. The lowest BCUT2D eigenvalue weighted by Gasteiger charge is -2.34. The molecule has 0 saturated carbocycles. The van der Waals surface area contributed by atoms with Gasteiger partial charge in [0.2, 0.25) is 0 Å². The van der Waals surface area contributed by atoms with E-state index < -0.39 is 5.60 Å². The van der Waals surface area contributed by atoms with Crippen LogP contribution >= 0.6 is 0 Å². The molecule has 0 saturated heterocycles. The van der Waals surface area contributed by atoms with Crippen molar-refractivity contribution in [3.8, 4) is 11.3 Å². The highest BCUT2D eigenvalue weighted by Gasteiger charge is 2.38. The van der Waals surface area contributed by atoms with Crippen molar-refractivity contribution in [2.45, 2.75) is 32.5 Å². The van der Waals surface area contributed by atoms with Crippen molar-refractivity contribution in [2.75, 3.05) is 11.9 Å². The Labute approximate surface area is 203 Å². The molecule has 1 aliphatic rings. The molecule has 0 aliphatic carbocycles. The molecule has 2 heterocycles. The quantitative estimate of drug-likeness (QED) is 0.431. The van der Waals surface area contributed by atoms with Gasteiger partial charge in [-0.25, -0.2) is 9.37 Å². The number of aromatic nitrogens is 2. The zero-order chi connectivity index (χ0) is 24.6. The zero-order valence-electron chi connectivity index (χ0n) is 19.7. The maximum absolute atomic E-state index is 13.6. The van der Waals surface area contributed by atoms with Gasteiger partial charge in [0, 0.05) is 24.3 Å². The number of carbonyl (C=O) groups excluding carboxylic acids is 1. The first kappa shape index (κ1) is 22.8. The topological polar surface area (TPSA) is 70.4 Å². The maximum atomic E-state index is 13.6. The molecule has 6 nitrogen and oxygen atoms in total.